The maximum Gasteiger partial charge on any atom is 0.196 e. The predicted molar refractivity (Wildman–Crippen MR) is 82.7 cm³/mol. The predicted octanol–water partition coefficient (Wildman–Crippen LogP) is 2.29. The van der Waals surface area contributed by atoms with Gasteiger partial charge in [-0.05, 0) is 30.3 Å². The molecule has 1 unspecified atom stereocenters. The molecular weight excluding hydrogens is 266 g/mol. The minimum atomic E-state index is -0.919. The fraction of sp³-hybridized carbons (Fsp3) is 0.250. The van der Waals surface area contributed by atoms with Crippen LogP contribution in [0.1, 0.15) is 12.0 Å². The van der Waals surface area contributed by atoms with Crippen LogP contribution in [0.15, 0.2) is 48.5 Å². The smallest absolute Gasteiger partial charge is 0.196 e. The number of fused-ring (bicyclic) bond motifs is 1. The summed E-state index contributed by atoms with van der Waals surface area (Å²) >= 11 is 0. The molecule has 0 radical (unpaired) electrons. The van der Waals surface area contributed by atoms with Gasteiger partial charge in [-0.15, -0.1) is 0 Å². The van der Waals surface area contributed by atoms with Crippen LogP contribution < -0.4 is 21.5 Å². The van der Waals surface area contributed by atoms with E-state index in [1.54, 1.807) is 0 Å². The fourth-order valence-corrected chi connectivity index (χ4v) is 2.30. The van der Waals surface area contributed by atoms with Crippen molar-refractivity contribution >= 4 is 11.4 Å². The molecule has 1 aliphatic heterocycles. The van der Waals surface area contributed by atoms with E-state index in [9.17, 15) is 0 Å². The van der Waals surface area contributed by atoms with Gasteiger partial charge >= 0.3 is 0 Å². The van der Waals surface area contributed by atoms with Crippen LogP contribution in [0.5, 0.6) is 5.75 Å². The highest BCUT2D eigenvalue weighted by Gasteiger charge is 2.30. The molecule has 5 N–H and O–H groups in total. The summed E-state index contributed by atoms with van der Waals surface area (Å²) in [5.41, 5.74) is 14.7. The van der Waals surface area contributed by atoms with Crippen molar-refractivity contribution in [3.8, 4) is 5.75 Å². The Morgan fingerprint density at radius 3 is 2.81 bits per heavy atom. The zero-order valence-electron chi connectivity index (χ0n) is 11.7. The Hall–Kier alpha value is -2.24. The van der Waals surface area contributed by atoms with Gasteiger partial charge in [-0.2, -0.15) is 0 Å². The number of nitrogen functional groups attached to an aromatic ring is 1. The van der Waals surface area contributed by atoms with Gasteiger partial charge < -0.3 is 20.5 Å². The van der Waals surface area contributed by atoms with Crippen LogP contribution in [0, 0.1) is 0 Å². The van der Waals surface area contributed by atoms with Gasteiger partial charge in [0.05, 0.1) is 13.2 Å². The molecule has 0 spiro atoms. The molecule has 1 aliphatic rings. The Balaban J connectivity index is 1.60. The average Bonchev–Trinajstić information content (AvgIpc) is 2.49. The lowest BCUT2D eigenvalue weighted by Gasteiger charge is -2.36. The molecule has 0 bridgehead atoms. The normalized spacial score (nSPS) is 20.4. The third kappa shape index (κ3) is 3.26. The Labute approximate surface area is 123 Å². The van der Waals surface area contributed by atoms with E-state index in [-0.39, 0.29) is 0 Å². The first-order chi connectivity index (χ1) is 10.1. The topological polar surface area (TPSA) is 82.5 Å². The molecule has 2 aromatic carbocycles. The van der Waals surface area contributed by atoms with Crippen LogP contribution in [-0.4, -0.2) is 12.5 Å². The lowest BCUT2D eigenvalue weighted by molar-refractivity contribution is -0.0505. The number of ether oxygens (including phenoxy) is 2. The molecular formula is C16H19N3O2. The minimum Gasteiger partial charge on any atom is -0.493 e. The molecule has 5 nitrogen and oxygen atoms in total. The zero-order valence-corrected chi connectivity index (χ0v) is 11.7. The van der Waals surface area contributed by atoms with E-state index in [0.717, 1.165) is 22.7 Å². The van der Waals surface area contributed by atoms with Gasteiger partial charge in [0.15, 0.2) is 5.85 Å². The van der Waals surface area contributed by atoms with Gasteiger partial charge in [0.1, 0.15) is 5.75 Å². The van der Waals surface area contributed by atoms with E-state index in [1.165, 1.54) is 0 Å². The maximum atomic E-state index is 6.23. The Morgan fingerprint density at radius 1 is 1.19 bits per heavy atom. The van der Waals surface area contributed by atoms with E-state index in [1.807, 2.05) is 48.5 Å². The first-order valence-electron chi connectivity index (χ1n) is 6.92. The molecule has 1 heterocycles. The monoisotopic (exact) mass is 285 g/mol. The van der Waals surface area contributed by atoms with E-state index in [2.05, 4.69) is 5.32 Å². The molecule has 0 aliphatic carbocycles. The number of hydrogen-bond donors (Lipinski definition) is 3. The Morgan fingerprint density at radius 2 is 2.00 bits per heavy atom. The van der Waals surface area contributed by atoms with Crippen molar-refractivity contribution in [3.63, 3.8) is 0 Å². The van der Waals surface area contributed by atoms with Gasteiger partial charge in [0.25, 0.3) is 0 Å². The standard InChI is InChI=1S/C16H19N3O2/c17-13-6-7-15-12(10-13)11-21-16(18,19-15)8-9-20-14-4-2-1-3-5-14/h1-7,10,19H,8-9,11,17-18H2. The second kappa shape index (κ2) is 5.63. The molecule has 0 saturated heterocycles. The van der Waals surface area contributed by atoms with Crippen molar-refractivity contribution in [2.45, 2.75) is 18.9 Å². The molecule has 2 aromatic rings. The van der Waals surface area contributed by atoms with Gasteiger partial charge in [0.2, 0.25) is 0 Å². The van der Waals surface area contributed by atoms with E-state index in [0.29, 0.717) is 19.6 Å². The summed E-state index contributed by atoms with van der Waals surface area (Å²) in [5, 5.41) is 3.21. The summed E-state index contributed by atoms with van der Waals surface area (Å²) in [6, 6.07) is 15.3. The molecule has 0 saturated carbocycles. The van der Waals surface area contributed by atoms with Crippen molar-refractivity contribution in [2.24, 2.45) is 5.73 Å². The minimum absolute atomic E-state index is 0.440. The van der Waals surface area contributed by atoms with Crippen molar-refractivity contribution in [3.05, 3.63) is 54.1 Å². The van der Waals surface area contributed by atoms with Gasteiger partial charge in [-0.25, -0.2) is 0 Å². The van der Waals surface area contributed by atoms with Crippen LogP contribution in [0.4, 0.5) is 11.4 Å². The van der Waals surface area contributed by atoms with E-state index in [4.69, 9.17) is 20.9 Å². The van der Waals surface area contributed by atoms with E-state index < -0.39 is 5.85 Å². The van der Waals surface area contributed by atoms with Crippen molar-refractivity contribution < 1.29 is 9.47 Å². The van der Waals surface area contributed by atoms with Crippen molar-refractivity contribution in [1.29, 1.82) is 0 Å². The summed E-state index contributed by atoms with van der Waals surface area (Å²) in [6.45, 7) is 0.910. The van der Waals surface area contributed by atoms with Gasteiger partial charge in [-0.1, -0.05) is 18.2 Å². The SMILES string of the molecule is Nc1ccc2c(c1)COC(N)(CCOc1ccccc1)N2. The lowest BCUT2D eigenvalue weighted by atomic mass is 10.1. The van der Waals surface area contributed by atoms with Crippen LogP contribution in [0.25, 0.3) is 0 Å². The first kappa shape index (κ1) is 13.7. The number of rotatable bonds is 4. The number of nitrogens with one attached hydrogen (secondary N) is 1. The summed E-state index contributed by atoms with van der Waals surface area (Å²) in [6.07, 6.45) is 0.533. The summed E-state index contributed by atoms with van der Waals surface area (Å²) in [5.74, 6) is -0.0946. The molecule has 1 atom stereocenters. The number of para-hydroxylation sites is 1. The zero-order chi connectivity index (χ0) is 14.7. The number of hydrogen-bond acceptors (Lipinski definition) is 5. The van der Waals surface area contributed by atoms with Crippen molar-refractivity contribution in [2.75, 3.05) is 17.7 Å². The molecule has 0 fully saturated rings. The Kier molecular flexibility index (Phi) is 3.68. The van der Waals surface area contributed by atoms with E-state index >= 15 is 0 Å². The van der Waals surface area contributed by atoms with Crippen LogP contribution in [0.3, 0.4) is 0 Å². The first-order valence-corrected chi connectivity index (χ1v) is 6.92. The highest BCUT2D eigenvalue weighted by Crippen LogP contribution is 2.29. The fourth-order valence-electron chi connectivity index (χ4n) is 2.30. The molecule has 0 amide bonds. The number of nitrogens with two attached hydrogens (primary N) is 2. The second-order valence-electron chi connectivity index (χ2n) is 5.13. The lowest BCUT2D eigenvalue weighted by Crippen LogP contribution is -2.53. The number of anilines is 2. The summed E-state index contributed by atoms with van der Waals surface area (Å²) in [4.78, 5) is 0. The summed E-state index contributed by atoms with van der Waals surface area (Å²) < 4.78 is 11.4. The van der Waals surface area contributed by atoms with Crippen LogP contribution in [0.2, 0.25) is 0 Å². The van der Waals surface area contributed by atoms with Crippen LogP contribution in [-0.2, 0) is 11.3 Å². The molecule has 0 aromatic heterocycles. The molecule has 3 rings (SSSR count). The average molecular weight is 285 g/mol. The van der Waals surface area contributed by atoms with Gasteiger partial charge in [-0.3, -0.25) is 5.73 Å². The third-order valence-electron chi connectivity index (χ3n) is 3.45. The van der Waals surface area contributed by atoms with Crippen molar-refractivity contribution in [1.82, 2.24) is 0 Å². The van der Waals surface area contributed by atoms with Crippen LogP contribution >= 0.6 is 0 Å². The molecule has 21 heavy (non-hydrogen) atoms. The second-order valence-corrected chi connectivity index (χ2v) is 5.13. The number of benzene rings is 2. The molecule has 110 valence electrons. The quantitative estimate of drug-likeness (QED) is 0.751. The Bertz CT molecular complexity index is 618. The highest BCUT2D eigenvalue weighted by atomic mass is 16.5. The summed E-state index contributed by atoms with van der Waals surface area (Å²) in [7, 11) is 0. The maximum absolute atomic E-state index is 6.23. The third-order valence-corrected chi connectivity index (χ3v) is 3.45. The van der Waals surface area contributed by atoms with Gasteiger partial charge in [0, 0.05) is 23.4 Å². The molecule has 5 heteroatoms. The highest BCUT2D eigenvalue weighted by molar-refractivity contribution is 5.59. The largest absolute Gasteiger partial charge is 0.493 e.